The molecule has 0 saturated carbocycles. The molecule has 0 saturated heterocycles. The second-order valence-electron chi connectivity index (χ2n) is 5.44. The van der Waals surface area contributed by atoms with Crippen LogP contribution in [0.15, 0.2) is 98.1 Å². The first-order chi connectivity index (χ1) is 11.9. The molecule has 4 rings (SSSR count). The summed E-state index contributed by atoms with van der Waals surface area (Å²) in [5.41, 5.74) is 2.60. The van der Waals surface area contributed by atoms with E-state index >= 15 is 0 Å². The molecule has 0 unspecified atom stereocenters. The molecule has 0 aliphatic carbocycles. The number of nitrogens with zero attached hydrogens (tertiary/aromatic N) is 4. The Morgan fingerprint density at radius 2 is 1.00 bits per heavy atom. The second-order valence-corrected chi connectivity index (χ2v) is 5.44. The van der Waals surface area contributed by atoms with Crippen molar-refractivity contribution in [2.45, 2.75) is 13.1 Å². The maximum Gasteiger partial charge on any atom is 0.0949 e. The van der Waals surface area contributed by atoms with Crippen molar-refractivity contribution >= 4 is 0 Å². The van der Waals surface area contributed by atoms with Crippen molar-refractivity contribution < 1.29 is 19.5 Å². The van der Waals surface area contributed by atoms with E-state index in [1.807, 2.05) is 61.4 Å². The predicted molar refractivity (Wildman–Crippen MR) is 95.5 cm³/mol. The maximum absolute atomic E-state index is 3.98. The third-order valence-corrected chi connectivity index (χ3v) is 3.53. The van der Waals surface area contributed by atoms with E-state index in [-0.39, 0.29) is 19.5 Å². The number of hydrogen-bond donors (Lipinski definition) is 0. The van der Waals surface area contributed by atoms with Crippen molar-refractivity contribution in [3.05, 3.63) is 109 Å². The third kappa shape index (κ3) is 6.48. The first-order valence-electron chi connectivity index (χ1n) is 7.89. The van der Waals surface area contributed by atoms with Gasteiger partial charge in [0.25, 0.3) is 0 Å². The van der Waals surface area contributed by atoms with E-state index < -0.39 is 0 Å². The van der Waals surface area contributed by atoms with Crippen LogP contribution in [0.3, 0.4) is 0 Å². The Morgan fingerprint density at radius 3 is 1.32 bits per heavy atom. The largest absolute Gasteiger partial charge is 0.333 e. The van der Waals surface area contributed by atoms with Crippen LogP contribution in [0.25, 0.3) is 0 Å². The molecule has 0 N–H and O–H groups in total. The number of aromatic nitrogens is 4. The van der Waals surface area contributed by atoms with Crippen molar-refractivity contribution in [3.8, 4) is 0 Å². The van der Waals surface area contributed by atoms with Crippen LogP contribution in [0.4, 0.5) is 0 Å². The molecular weight excluding hydrogens is 397 g/mol. The normalized spacial score (nSPS) is 9.60. The molecule has 0 amide bonds. The van der Waals surface area contributed by atoms with Gasteiger partial charge in [0.1, 0.15) is 0 Å². The molecule has 2 aromatic carbocycles. The van der Waals surface area contributed by atoms with Gasteiger partial charge < -0.3 is 9.13 Å². The van der Waals surface area contributed by atoms with Crippen molar-refractivity contribution in [2.75, 3.05) is 0 Å². The van der Waals surface area contributed by atoms with Crippen LogP contribution in [0.1, 0.15) is 11.1 Å². The van der Waals surface area contributed by atoms with E-state index in [1.54, 1.807) is 12.4 Å². The Labute approximate surface area is 160 Å². The van der Waals surface area contributed by atoms with Gasteiger partial charge in [-0.3, -0.25) is 0 Å². The van der Waals surface area contributed by atoms with Gasteiger partial charge in [-0.2, -0.15) is 0 Å². The van der Waals surface area contributed by atoms with Crippen molar-refractivity contribution in [1.82, 2.24) is 19.1 Å². The molecule has 0 aliphatic heterocycles. The fourth-order valence-corrected chi connectivity index (χ4v) is 2.35. The minimum Gasteiger partial charge on any atom is -0.333 e. The van der Waals surface area contributed by atoms with Crippen LogP contribution in [-0.4, -0.2) is 19.1 Å². The van der Waals surface area contributed by atoms with Crippen LogP contribution in [0.5, 0.6) is 0 Å². The van der Waals surface area contributed by atoms with Crippen LogP contribution in [0, 0.1) is 0 Å². The van der Waals surface area contributed by atoms with E-state index in [4.69, 9.17) is 0 Å². The average Bonchev–Trinajstić information content (AvgIpc) is 3.32. The number of benzene rings is 2. The fraction of sp³-hybridized carbons (Fsp3) is 0.100. The minimum absolute atomic E-state index is 0. The molecule has 0 radical (unpaired) electrons. The van der Waals surface area contributed by atoms with E-state index in [0.717, 1.165) is 13.1 Å². The van der Waals surface area contributed by atoms with Gasteiger partial charge >= 0.3 is 0 Å². The van der Waals surface area contributed by atoms with Crippen LogP contribution < -0.4 is 0 Å². The summed E-state index contributed by atoms with van der Waals surface area (Å²) in [7, 11) is 0. The summed E-state index contributed by atoms with van der Waals surface area (Å²) < 4.78 is 4.10. The first kappa shape index (κ1) is 18.8. The van der Waals surface area contributed by atoms with E-state index in [1.165, 1.54) is 11.1 Å². The molecule has 0 fully saturated rings. The van der Waals surface area contributed by atoms with Crippen LogP contribution >= 0.6 is 0 Å². The first-order valence-corrected chi connectivity index (χ1v) is 7.89. The minimum atomic E-state index is 0. The van der Waals surface area contributed by atoms with Gasteiger partial charge in [-0.25, -0.2) is 9.97 Å². The summed E-state index contributed by atoms with van der Waals surface area (Å²) in [6.45, 7) is 1.81. The van der Waals surface area contributed by atoms with Crippen LogP contribution in [-0.2, 0) is 32.6 Å². The predicted octanol–water partition coefficient (Wildman–Crippen LogP) is 3.86. The molecule has 5 heteroatoms. The molecule has 25 heavy (non-hydrogen) atoms. The second kappa shape index (κ2) is 10.4. The molecule has 0 aliphatic rings. The fourth-order valence-electron chi connectivity index (χ4n) is 2.35. The number of imidazole rings is 2. The monoisotopic (exact) mass is 418 g/mol. The smallest absolute Gasteiger partial charge is 0.0949 e. The van der Waals surface area contributed by atoms with Gasteiger partial charge in [-0.1, -0.05) is 60.7 Å². The zero-order chi connectivity index (χ0) is 16.5. The summed E-state index contributed by atoms with van der Waals surface area (Å²) >= 11 is 0. The Hall–Kier alpha value is -2.52. The Kier molecular flexibility index (Phi) is 7.80. The number of hydrogen-bond acceptors (Lipinski definition) is 2. The van der Waals surface area contributed by atoms with Gasteiger partial charge in [0.05, 0.1) is 12.7 Å². The number of rotatable bonds is 4. The SMILES string of the molecule is [Ru].c1ccc(Cn2ccnc2)cc1.c1ccc(Cn2ccnc2)cc1. The molecule has 0 bridgehead atoms. The van der Waals surface area contributed by atoms with Gasteiger partial charge in [0, 0.05) is 57.4 Å². The molecule has 0 spiro atoms. The zero-order valence-corrected chi connectivity index (χ0v) is 15.5. The standard InChI is InChI=1S/2C10H10N2.Ru/c2*1-2-4-10(5-3-1)8-12-7-6-11-9-12;/h2*1-7,9H,8H2;. The average molecular weight is 417 g/mol. The van der Waals surface area contributed by atoms with Gasteiger partial charge in [-0.15, -0.1) is 0 Å². The van der Waals surface area contributed by atoms with Crippen LogP contribution in [0.2, 0.25) is 0 Å². The molecule has 128 valence electrons. The van der Waals surface area contributed by atoms with Crippen molar-refractivity contribution in [3.63, 3.8) is 0 Å². The van der Waals surface area contributed by atoms with E-state index in [9.17, 15) is 0 Å². The quantitative estimate of drug-likeness (QED) is 0.473. The van der Waals surface area contributed by atoms with Crippen molar-refractivity contribution in [2.24, 2.45) is 0 Å². The van der Waals surface area contributed by atoms with Gasteiger partial charge in [-0.05, 0) is 11.1 Å². The Morgan fingerprint density at radius 1 is 0.600 bits per heavy atom. The van der Waals surface area contributed by atoms with Gasteiger partial charge in [0.2, 0.25) is 0 Å². The van der Waals surface area contributed by atoms with E-state index in [2.05, 4.69) is 43.4 Å². The summed E-state index contributed by atoms with van der Waals surface area (Å²) in [6.07, 6.45) is 11.2. The molecule has 4 nitrogen and oxygen atoms in total. The molecule has 2 heterocycles. The summed E-state index contributed by atoms with van der Waals surface area (Å²) in [6, 6.07) is 20.7. The maximum atomic E-state index is 3.98. The summed E-state index contributed by atoms with van der Waals surface area (Å²) in [4.78, 5) is 7.96. The van der Waals surface area contributed by atoms with Crippen molar-refractivity contribution in [1.29, 1.82) is 0 Å². The summed E-state index contributed by atoms with van der Waals surface area (Å²) in [5, 5.41) is 0. The molecular formula is C20H20N4Ru. The van der Waals surface area contributed by atoms with E-state index in [0.29, 0.717) is 0 Å². The topological polar surface area (TPSA) is 35.6 Å². The zero-order valence-electron chi connectivity index (χ0n) is 13.8. The third-order valence-electron chi connectivity index (χ3n) is 3.53. The Bertz CT molecular complexity index is 726. The summed E-state index contributed by atoms with van der Waals surface area (Å²) in [5.74, 6) is 0. The Balaban J connectivity index is 0.000000173. The molecule has 2 aromatic heterocycles. The molecule has 4 aromatic rings. The van der Waals surface area contributed by atoms with Gasteiger partial charge in [0.15, 0.2) is 0 Å². The molecule has 0 atom stereocenters.